The molecule has 0 spiro atoms. The predicted octanol–water partition coefficient (Wildman–Crippen LogP) is -0.111. The summed E-state index contributed by atoms with van der Waals surface area (Å²) in [7, 11) is 0. The second kappa shape index (κ2) is 6.47. The van der Waals surface area contributed by atoms with E-state index in [2.05, 4.69) is 19.8 Å². The minimum atomic E-state index is 0.617. The van der Waals surface area contributed by atoms with E-state index >= 15 is 0 Å². The van der Waals surface area contributed by atoms with Gasteiger partial charge in [-0.05, 0) is 24.9 Å². The topological polar surface area (TPSA) is 67.5 Å². The van der Waals surface area contributed by atoms with Crippen LogP contribution < -0.4 is 10.6 Å². The summed E-state index contributed by atoms with van der Waals surface area (Å²) in [5, 5.41) is 0. The summed E-state index contributed by atoms with van der Waals surface area (Å²) in [6.45, 7) is 6.53. The van der Waals surface area contributed by atoms with Crippen molar-refractivity contribution in [2.24, 2.45) is 5.73 Å². The van der Waals surface area contributed by atoms with Gasteiger partial charge < -0.3 is 15.4 Å². The molecule has 3 rings (SSSR count). The van der Waals surface area contributed by atoms with Crippen LogP contribution in [-0.4, -0.2) is 66.8 Å². The Balaban J connectivity index is 1.58. The summed E-state index contributed by atoms with van der Waals surface area (Å²) < 4.78 is 5.42. The molecule has 20 heavy (non-hydrogen) atoms. The van der Waals surface area contributed by atoms with E-state index in [1.165, 1.54) is 6.42 Å². The van der Waals surface area contributed by atoms with Crippen LogP contribution in [0.15, 0.2) is 12.4 Å². The minimum Gasteiger partial charge on any atom is -0.379 e. The van der Waals surface area contributed by atoms with Crippen LogP contribution in [0.2, 0.25) is 0 Å². The zero-order chi connectivity index (χ0) is 13.8. The van der Waals surface area contributed by atoms with Crippen molar-refractivity contribution in [3.63, 3.8) is 0 Å². The average Bonchev–Trinajstić information content (AvgIpc) is 2.99. The fourth-order valence-corrected chi connectivity index (χ4v) is 2.97. The van der Waals surface area contributed by atoms with Crippen LogP contribution in [0.3, 0.4) is 0 Å². The normalized spacial score (nSPS) is 24.2. The van der Waals surface area contributed by atoms with Gasteiger partial charge in [-0.1, -0.05) is 0 Å². The van der Waals surface area contributed by atoms with E-state index < -0.39 is 0 Å². The molecule has 1 atom stereocenters. The molecule has 6 heteroatoms. The van der Waals surface area contributed by atoms with Gasteiger partial charge in [-0.15, -0.1) is 0 Å². The largest absolute Gasteiger partial charge is 0.379 e. The number of hydrogen-bond donors (Lipinski definition) is 1. The summed E-state index contributed by atoms with van der Waals surface area (Å²) >= 11 is 0. The van der Waals surface area contributed by atoms with Gasteiger partial charge in [-0.25, -0.2) is 9.97 Å². The number of nitrogens with two attached hydrogens (primary N) is 1. The Bertz CT molecular complexity index is 418. The van der Waals surface area contributed by atoms with Crippen molar-refractivity contribution in [1.29, 1.82) is 0 Å². The molecule has 0 saturated carbocycles. The maximum Gasteiger partial charge on any atom is 0.225 e. The fourth-order valence-electron chi connectivity index (χ4n) is 2.97. The Morgan fingerprint density at radius 1 is 1.20 bits per heavy atom. The van der Waals surface area contributed by atoms with Crippen LogP contribution in [0, 0.1) is 0 Å². The quantitative estimate of drug-likeness (QED) is 0.828. The lowest BCUT2D eigenvalue weighted by molar-refractivity contribution is 0.0209. The molecule has 0 amide bonds. The number of rotatable bonds is 4. The second-order valence-corrected chi connectivity index (χ2v) is 5.47. The predicted molar refractivity (Wildman–Crippen MR) is 77.8 cm³/mol. The van der Waals surface area contributed by atoms with E-state index in [9.17, 15) is 0 Å². The first-order chi connectivity index (χ1) is 9.86. The molecule has 2 N–H and O–H groups in total. The molecule has 0 bridgehead atoms. The van der Waals surface area contributed by atoms with Gasteiger partial charge >= 0.3 is 0 Å². The Labute approximate surface area is 119 Å². The molecule has 2 saturated heterocycles. The molecule has 110 valence electrons. The number of anilines is 1. The van der Waals surface area contributed by atoms with E-state index in [1.807, 2.05) is 12.4 Å². The van der Waals surface area contributed by atoms with E-state index in [1.54, 1.807) is 0 Å². The molecule has 0 radical (unpaired) electrons. The van der Waals surface area contributed by atoms with Crippen LogP contribution in [0.5, 0.6) is 0 Å². The van der Waals surface area contributed by atoms with Gasteiger partial charge in [0, 0.05) is 44.6 Å². The van der Waals surface area contributed by atoms with Crippen LogP contribution in [0.1, 0.15) is 12.0 Å². The van der Waals surface area contributed by atoms with Crippen molar-refractivity contribution >= 4 is 5.95 Å². The molecule has 1 aromatic heterocycles. The van der Waals surface area contributed by atoms with Crippen LogP contribution >= 0.6 is 0 Å². The second-order valence-electron chi connectivity index (χ2n) is 5.47. The maximum atomic E-state index is 5.54. The van der Waals surface area contributed by atoms with E-state index in [4.69, 9.17) is 10.5 Å². The standard InChI is InChI=1S/C14H23N5O/c15-3-1-12-9-16-14(17-10-12)19-4-2-13(11-19)18-5-7-20-8-6-18/h9-10,13H,1-8,11,15H2. The molecule has 1 aromatic rings. The van der Waals surface area contributed by atoms with Crippen LogP contribution in [0.25, 0.3) is 0 Å². The van der Waals surface area contributed by atoms with Gasteiger partial charge in [-0.3, -0.25) is 4.90 Å². The summed E-state index contributed by atoms with van der Waals surface area (Å²) in [6.07, 6.45) is 5.83. The molecule has 1 unspecified atom stereocenters. The third-order valence-corrected chi connectivity index (χ3v) is 4.13. The van der Waals surface area contributed by atoms with Gasteiger partial charge in [0.25, 0.3) is 0 Å². The first-order valence-electron chi connectivity index (χ1n) is 7.44. The highest BCUT2D eigenvalue weighted by molar-refractivity contribution is 5.32. The maximum absolute atomic E-state index is 5.54. The van der Waals surface area contributed by atoms with Crippen molar-refractivity contribution < 1.29 is 4.74 Å². The lowest BCUT2D eigenvalue weighted by Gasteiger charge is -2.32. The summed E-state index contributed by atoms with van der Waals surface area (Å²) in [4.78, 5) is 13.8. The number of hydrogen-bond acceptors (Lipinski definition) is 6. The van der Waals surface area contributed by atoms with Crippen LogP contribution in [-0.2, 0) is 11.2 Å². The third-order valence-electron chi connectivity index (χ3n) is 4.13. The summed E-state index contributed by atoms with van der Waals surface area (Å²) in [5.74, 6) is 0.849. The third kappa shape index (κ3) is 3.08. The molecule has 6 nitrogen and oxygen atoms in total. The molecular formula is C14H23N5O. The summed E-state index contributed by atoms with van der Waals surface area (Å²) in [6, 6.07) is 0.617. The van der Waals surface area contributed by atoms with Crippen LogP contribution in [0.4, 0.5) is 5.95 Å². The average molecular weight is 277 g/mol. The van der Waals surface area contributed by atoms with E-state index in [-0.39, 0.29) is 0 Å². The minimum absolute atomic E-state index is 0.617. The smallest absolute Gasteiger partial charge is 0.225 e. The van der Waals surface area contributed by atoms with E-state index in [0.29, 0.717) is 12.6 Å². The lowest BCUT2D eigenvalue weighted by Crippen LogP contribution is -2.44. The lowest BCUT2D eigenvalue weighted by atomic mass is 10.2. The van der Waals surface area contributed by atoms with Crippen molar-refractivity contribution in [3.05, 3.63) is 18.0 Å². The van der Waals surface area contributed by atoms with Gasteiger partial charge in [0.1, 0.15) is 0 Å². The Kier molecular flexibility index (Phi) is 4.44. The first-order valence-corrected chi connectivity index (χ1v) is 7.44. The van der Waals surface area contributed by atoms with Gasteiger partial charge in [0.05, 0.1) is 13.2 Å². The Hall–Kier alpha value is -1.24. The Morgan fingerprint density at radius 3 is 2.65 bits per heavy atom. The van der Waals surface area contributed by atoms with Gasteiger partial charge in [0.15, 0.2) is 0 Å². The number of aromatic nitrogens is 2. The summed E-state index contributed by atoms with van der Waals surface area (Å²) in [5.41, 5.74) is 6.65. The van der Waals surface area contributed by atoms with Crippen molar-refractivity contribution in [3.8, 4) is 0 Å². The molecule has 0 aliphatic carbocycles. The SMILES string of the molecule is NCCc1cnc(N2CCC(N3CCOCC3)C2)nc1. The zero-order valence-corrected chi connectivity index (χ0v) is 11.9. The van der Waals surface area contributed by atoms with Crippen molar-refractivity contribution in [2.75, 3.05) is 50.8 Å². The molecule has 2 aliphatic heterocycles. The first kappa shape index (κ1) is 13.7. The molecule has 3 heterocycles. The monoisotopic (exact) mass is 277 g/mol. The van der Waals surface area contributed by atoms with Crippen molar-refractivity contribution in [1.82, 2.24) is 14.9 Å². The van der Waals surface area contributed by atoms with Crippen molar-refractivity contribution in [2.45, 2.75) is 18.9 Å². The highest BCUT2D eigenvalue weighted by atomic mass is 16.5. The number of nitrogens with zero attached hydrogens (tertiary/aromatic N) is 4. The number of ether oxygens (including phenoxy) is 1. The van der Waals surface area contributed by atoms with Gasteiger partial charge in [-0.2, -0.15) is 0 Å². The van der Waals surface area contributed by atoms with Gasteiger partial charge in [0.2, 0.25) is 5.95 Å². The molecule has 2 aliphatic rings. The highest BCUT2D eigenvalue weighted by Gasteiger charge is 2.29. The molecular weight excluding hydrogens is 254 g/mol. The zero-order valence-electron chi connectivity index (χ0n) is 11.9. The van der Waals surface area contributed by atoms with E-state index in [0.717, 1.165) is 57.3 Å². The molecule has 2 fully saturated rings. The Morgan fingerprint density at radius 2 is 1.95 bits per heavy atom. The fraction of sp³-hybridized carbons (Fsp3) is 0.714. The number of morpholine rings is 1. The highest BCUT2D eigenvalue weighted by Crippen LogP contribution is 2.20. The molecule has 0 aromatic carbocycles.